The number of amides is 2. The lowest BCUT2D eigenvalue weighted by Crippen LogP contribution is -2.11. The monoisotopic (exact) mass is 322 g/mol. The van der Waals surface area contributed by atoms with E-state index in [1.54, 1.807) is 48.5 Å². The van der Waals surface area contributed by atoms with Crippen LogP contribution < -0.4 is 11.1 Å². The highest BCUT2D eigenvalue weighted by Crippen LogP contribution is 2.23. The van der Waals surface area contributed by atoms with Gasteiger partial charge in [-0.2, -0.15) is 4.98 Å². The molecule has 3 aromatic rings. The molecule has 120 valence electrons. The Hall–Kier alpha value is -3.61. The molecular formula is C17H14N4O3. The third-order valence-corrected chi connectivity index (χ3v) is 3.38. The van der Waals surface area contributed by atoms with E-state index in [2.05, 4.69) is 15.3 Å². The summed E-state index contributed by atoms with van der Waals surface area (Å²) in [7, 11) is 0. The van der Waals surface area contributed by atoms with Crippen molar-refractivity contribution in [1.29, 1.82) is 0 Å². The number of nitrogens with one attached hydrogen (secondary N) is 2. The number of H-pyrrole nitrogens is 1. The molecule has 0 bridgehead atoms. The Morgan fingerprint density at radius 2 is 1.71 bits per heavy atom. The molecule has 0 spiro atoms. The highest BCUT2D eigenvalue weighted by Gasteiger charge is 2.15. The first-order valence-corrected chi connectivity index (χ1v) is 7.10. The number of hydrogen-bond acceptors (Lipinski definition) is 4. The number of benzene rings is 2. The summed E-state index contributed by atoms with van der Waals surface area (Å²) in [4.78, 5) is 29.7. The van der Waals surface area contributed by atoms with Crippen molar-refractivity contribution in [1.82, 2.24) is 9.97 Å². The van der Waals surface area contributed by atoms with Gasteiger partial charge in [0.1, 0.15) is 5.82 Å². The van der Waals surface area contributed by atoms with Crippen molar-refractivity contribution in [3.63, 3.8) is 0 Å². The van der Waals surface area contributed by atoms with Crippen LogP contribution >= 0.6 is 0 Å². The van der Waals surface area contributed by atoms with Gasteiger partial charge in [-0.05, 0) is 36.4 Å². The lowest BCUT2D eigenvalue weighted by atomic mass is 10.1. The fourth-order valence-electron chi connectivity index (χ4n) is 2.18. The average Bonchev–Trinajstić information content (AvgIpc) is 2.98. The summed E-state index contributed by atoms with van der Waals surface area (Å²) < 4.78 is 0. The predicted octanol–water partition coefficient (Wildman–Crippen LogP) is 2.13. The second-order valence-corrected chi connectivity index (χ2v) is 5.05. The number of hydrogen-bond donors (Lipinski definition) is 4. The van der Waals surface area contributed by atoms with E-state index in [1.165, 1.54) is 0 Å². The number of carbonyl (C=O) groups excluding carboxylic acids is 2. The molecule has 0 unspecified atom stereocenters. The standard InChI is InChI=1S/C17H14N4O3/c18-14(22)13-17(24)21-15(20-13)10-6-8-12(9-7-10)19-16(23)11-4-2-1-3-5-11/h1-9,24H,(H2,18,22)(H,19,23)(H,20,21). The minimum Gasteiger partial charge on any atom is -0.492 e. The van der Waals surface area contributed by atoms with E-state index in [1.807, 2.05) is 6.07 Å². The van der Waals surface area contributed by atoms with E-state index in [0.29, 0.717) is 22.6 Å². The highest BCUT2D eigenvalue weighted by molar-refractivity contribution is 6.04. The summed E-state index contributed by atoms with van der Waals surface area (Å²) in [5, 5.41) is 12.3. The number of rotatable bonds is 4. The Bertz CT molecular complexity index is 886. The maximum absolute atomic E-state index is 12.1. The van der Waals surface area contributed by atoms with Gasteiger partial charge in [-0.1, -0.05) is 18.2 Å². The number of nitrogens with zero attached hydrogens (tertiary/aromatic N) is 1. The number of carbonyl (C=O) groups is 2. The van der Waals surface area contributed by atoms with Crippen molar-refractivity contribution in [2.75, 3.05) is 5.32 Å². The number of imidazole rings is 1. The molecule has 1 aromatic heterocycles. The molecule has 0 atom stereocenters. The molecule has 24 heavy (non-hydrogen) atoms. The predicted molar refractivity (Wildman–Crippen MR) is 88.6 cm³/mol. The van der Waals surface area contributed by atoms with E-state index < -0.39 is 11.8 Å². The SMILES string of the molecule is NC(=O)c1[nH]c(-c2ccc(NC(=O)c3ccccc3)cc2)nc1O. The summed E-state index contributed by atoms with van der Waals surface area (Å²) in [5.41, 5.74) is 6.78. The molecule has 0 saturated carbocycles. The molecular weight excluding hydrogens is 308 g/mol. The van der Waals surface area contributed by atoms with Crippen LogP contribution in [0.2, 0.25) is 0 Å². The Balaban J connectivity index is 1.77. The number of aromatic hydroxyl groups is 1. The van der Waals surface area contributed by atoms with Crippen LogP contribution in [0, 0.1) is 0 Å². The van der Waals surface area contributed by atoms with Crippen LogP contribution in [0.4, 0.5) is 5.69 Å². The van der Waals surface area contributed by atoms with Crippen LogP contribution in [0.3, 0.4) is 0 Å². The largest absolute Gasteiger partial charge is 0.492 e. The Kier molecular flexibility index (Phi) is 3.98. The first-order valence-electron chi connectivity index (χ1n) is 7.10. The lowest BCUT2D eigenvalue weighted by molar-refractivity contribution is 0.0991. The third kappa shape index (κ3) is 3.09. The van der Waals surface area contributed by atoms with Gasteiger partial charge in [0.2, 0.25) is 5.88 Å². The minimum atomic E-state index is -0.794. The molecule has 5 N–H and O–H groups in total. The van der Waals surface area contributed by atoms with Crippen molar-refractivity contribution in [2.24, 2.45) is 5.73 Å². The molecule has 7 heteroatoms. The smallest absolute Gasteiger partial charge is 0.270 e. The van der Waals surface area contributed by atoms with Crippen molar-refractivity contribution < 1.29 is 14.7 Å². The number of aromatic amines is 1. The highest BCUT2D eigenvalue weighted by atomic mass is 16.3. The quantitative estimate of drug-likeness (QED) is 0.588. The van der Waals surface area contributed by atoms with Crippen LogP contribution in [-0.4, -0.2) is 26.9 Å². The number of primary amides is 1. The Morgan fingerprint density at radius 3 is 2.29 bits per heavy atom. The van der Waals surface area contributed by atoms with Gasteiger partial charge in [0.15, 0.2) is 5.69 Å². The van der Waals surface area contributed by atoms with E-state index >= 15 is 0 Å². The Morgan fingerprint density at radius 1 is 1.04 bits per heavy atom. The summed E-state index contributed by atoms with van der Waals surface area (Å²) >= 11 is 0. The fraction of sp³-hybridized carbons (Fsp3) is 0. The number of nitrogens with two attached hydrogens (primary N) is 1. The van der Waals surface area contributed by atoms with Gasteiger partial charge in [0, 0.05) is 16.8 Å². The zero-order valence-corrected chi connectivity index (χ0v) is 12.5. The summed E-state index contributed by atoms with van der Waals surface area (Å²) in [6.07, 6.45) is 0. The van der Waals surface area contributed by atoms with E-state index in [4.69, 9.17) is 5.73 Å². The molecule has 0 radical (unpaired) electrons. The topological polar surface area (TPSA) is 121 Å². The lowest BCUT2D eigenvalue weighted by Gasteiger charge is -2.05. The van der Waals surface area contributed by atoms with E-state index in [9.17, 15) is 14.7 Å². The van der Waals surface area contributed by atoms with Crippen LogP contribution in [0.15, 0.2) is 54.6 Å². The molecule has 2 aromatic carbocycles. The molecule has 1 heterocycles. The summed E-state index contributed by atoms with van der Waals surface area (Å²) in [6.45, 7) is 0. The first kappa shape index (κ1) is 15.3. The fourth-order valence-corrected chi connectivity index (χ4v) is 2.18. The van der Waals surface area contributed by atoms with Crippen LogP contribution in [0.25, 0.3) is 11.4 Å². The zero-order chi connectivity index (χ0) is 17.1. The van der Waals surface area contributed by atoms with Crippen LogP contribution in [0.5, 0.6) is 5.88 Å². The molecule has 0 fully saturated rings. The van der Waals surface area contributed by atoms with Crippen molar-refractivity contribution in [3.05, 3.63) is 65.9 Å². The van der Waals surface area contributed by atoms with E-state index in [-0.39, 0.29) is 11.6 Å². The summed E-state index contributed by atoms with van der Waals surface area (Å²) in [6, 6.07) is 15.6. The number of aromatic nitrogens is 2. The van der Waals surface area contributed by atoms with Gasteiger partial charge in [0.05, 0.1) is 0 Å². The molecule has 0 aliphatic carbocycles. The van der Waals surface area contributed by atoms with Crippen molar-refractivity contribution in [2.45, 2.75) is 0 Å². The molecule has 0 saturated heterocycles. The van der Waals surface area contributed by atoms with Gasteiger partial charge in [-0.25, -0.2) is 0 Å². The minimum absolute atomic E-state index is 0.147. The Labute approximate surface area is 137 Å². The molecule has 7 nitrogen and oxygen atoms in total. The number of anilines is 1. The normalized spacial score (nSPS) is 10.3. The average molecular weight is 322 g/mol. The van der Waals surface area contributed by atoms with Crippen LogP contribution in [-0.2, 0) is 0 Å². The van der Waals surface area contributed by atoms with E-state index in [0.717, 1.165) is 0 Å². The van der Waals surface area contributed by atoms with Gasteiger partial charge >= 0.3 is 0 Å². The molecule has 0 aliphatic heterocycles. The van der Waals surface area contributed by atoms with Gasteiger partial charge in [0.25, 0.3) is 11.8 Å². The third-order valence-electron chi connectivity index (χ3n) is 3.38. The van der Waals surface area contributed by atoms with Crippen LogP contribution in [0.1, 0.15) is 20.8 Å². The maximum Gasteiger partial charge on any atom is 0.270 e. The zero-order valence-electron chi connectivity index (χ0n) is 12.5. The molecule has 3 rings (SSSR count). The first-order chi connectivity index (χ1) is 11.5. The molecule has 2 amide bonds. The second kappa shape index (κ2) is 6.25. The van der Waals surface area contributed by atoms with Gasteiger partial charge in [-0.15, -0.1) is 0 Å². The maximum atomic E-state index is 12.1. The second-order valence-electron chi connectivity index (χ2n) is 5.05. The van der Waals surface area contributed by atoms with Gasteiger partial charge < -0.3 is 21.1 Å². The van der Waals surface area contributed by atoms with Crippen molar-refractivity contribution in [3.8, 4) is 17.3 Å². The van der Waals surface area contributed by atoms with Crippen molar-refractivity contribution >= 4 is 17.5 Å². The molecule has 0 aliphatic rings. The summed E-state index contributed by atoms with van der Waals surface area (Å²) in [5.74, 6) is -1.14. The van der Waals surface area contributed by atoms with Gasteiger partial charge in [-0.3, -0.25) is 9.59 Å².